The molecule has 0 spiro atoms. The van der Waals surface area contributed by atoms with E-state index in [0.29, 0.717) is 0 Å². The molecule has 1 aliphatic heterocycles. The predicted molar refractivity (Wildman–Crippen MR) is 86.6 cm³/mol. The molecule has 1 aromatic carbocycles. The Kier molecular flexibility index (Phi) is 4.24. The third-order valence-corrected chi connectivity index (χ3v) is 4.18. The van der Waals surface area contributed by atoms with Crippen molar-refractivity contribution in [3.8, 4) is 0 Å². The molecule has 22 heavy (non-hydrogen) atoms. The number of rotatable bonds is 5. The minimum absolute atomic E-state index is 0.00817. The van der Waals surface area contributed by atoms with E-state index in [1.54, 1.807) is 4.90 Å². The molecule has 1 unspecified atom stereocenters. The monoisotopic (exact) mass is 298 g/mol. The number of benzene rings is 1. The molecule has 0 fully saturated rings. The summed E-state index contributed by atoms with van der Waals surface area (Å²) in [5.41, 5.74) is 8.85. The van der Waals surface area contributed by atoms with E-state index < -0.39 is 0 Å². The van der Waals surface area contributed by atoms with Crippen LogP contribution in [0.3, 0.4) is 0 Å². The lowest BCUT2D eigenvalue weighted by atomic mass is 10.1. The highest BCUT2D eigenvalue weighted by atomic mass is 16.2. The van der Waals surface area contributed by atoms with Gasteiger partial charge in [0.2, 0.25) is 5.91 Å². The van der Waals surface area contributed by atoms with Crippen LogP contribution in [0.4, 0.5) is 5.69 Å². The molecule has 0 aliphatic carbocycles. The Morgan fingerprint density at radius 1 is 1.45 bits per heavy atom. The van der Waals surface area contributed by atoms with Gasteiger partial charge in [0.1, 0.15) is 5.82 Å². The fraction of sp³-hybridized carbons (Fsp3) is 0.412. The van der Waals surface area contributed by atoms with E-state index in [0.717, 1.165) is 42.9 Å². The van der Waals surface area contributed by atoms with Gasteiger partial charge in [-0.1, -0.05) is 31.5 Å². The highest BCUT2D eigenvalue weighted by molar-refractivity contribution is 5.97. The number of carbonyl (C=O) groups is 1. The van der Waals surface area contributed by atoms with Crippen LogP contribution in [-0.4, -0.2) is 22.4 Å². The molecule has 0 radical (unpaired) electrons. The number of imidazole rings is 1. The minimum Gasteiger partial charge on any atom is -0.344 e. The summed E-state index contributed by atoms with van der Waals surface area (Å²) < 4.78 is 0. The van der Waals surface area contributed by atoms with E-state index in [1.807, 2.05) is 24.4 Å². The third kappa shape index (κ3) is 2.64. The molecule has 2 heterocycles. The van der Waals surface area contributed by atoms with Gasteiger partial charge in [-0.25, -0.2) is 4.98 Å². The molecule has 116 valence electrons. The van der Waals surface area contributed by atoms with Crippen LogP contribution in [0.15, 0.2) is 30.5 Å². The van der Waals surface area contributed by atoms with E-state index in [-0.39, 0.29) is 18.5 Å². The Morgan fingerprint density at radius 3 is 3.05 bits per heavy atom. The number of aryl methyl sites for hydroxylation is 1. The number of fused-ring (bicyclic) bond motifs is 1. The Morgan fingerprint density at radius 2 is 2.27 bits per heavy atom. The van der Waals surface area contributed by atoms with Crippen LogP contribution in [0.25, 0.3) is 0 Å². The zero-order chi connectivity index (χ0) is 15.5. The van der Waals surface area contributed by atoms with Crippen LogP contribution >= 0.6 is 0 Å². The lowest BCUT2D eigenvalue weighted by Gasteiger charge is -2.23. The summed E-state index contributed by atoms with van der Waals surface area (Å²) in [7, 11) is 0. The maximum absolute atomic E-state index is 12.3. The second-order valence-electron chi connectivity index (χ2n) is 5.71. The largest absolute Gasteiger partial charge is 0.344 e. The summed E-state index contributed by atoms with van der Waals surface area (Å²) in [6.45, 7) is 2.18. The van der Waals surface area contributed by atoms with Gasteiger partial charge in [0.05, 0.1) is 12.6 Å². The quantitative estimate of drug-likeness (QED) is 0.889. The van der Waals surface area contributed by atoms with Crippen LogP contribution in [0, 0.1) is 0 Å². The lowest BCUT2D eigenvalue weighted by Crippen LogP contribution is -2.37. The van der Waals surface area contributed by atoms with Gasteiger partial charge in [-0.15, -0.1) is 0 Å². The topological polar surface area (TPSA) is 75.0 Å². The Bertz CT molecular complexity index is 664. The molecule has 1 aromatic heterocycles. The maximum atomic E-state index is 12.3. The first-order valence-electron chi connectivity index (χ1n) is 7.88. The summed E-state index contributed by atoms with van der Waals surface area (Å²) >= 11 is 0. The van der Waals surface area contributed by atoms with Gasteiger partial charge in [0.25, 0.3) is 0 Å². The van der Waals surface area contributed by atoms with Crippen LogP contribution in [0.2, 0.25) is 0 Å². The second-order valence-corrected chi connectivity index (χ2v) is 5.71. The number of amides is 1. The van der Waals surface area contributed by atoms with Crippen molar-refractivity contribution in [2.45, 2.75) is 38.6 Å². The molecular formula is C17H22N4O. The predicted octanol–water partition coefficient (Wildman–Crippen LogP) is 2.34. The van der Waals surface area contributed by atoms with Crippen LogP contribution in [0.1, 0.15) is 42.9 Å². The highest BCUT2D eigenvalue weighted by Gasteiger charge is 2.35. The molecule has 3 N–H and O–H groups in total. The van der Waals surface area contributed by atoms with Gasteiger partial charge in [-0.2, -0.15) is 0 Å². The van der Waals surface area contributed by atoms with Crippen molar-refractivity contribution in [1.29, 1.82) is 0 Å². The number of anilines is 1. The summed E-state index contributed by atoms with van der Waals surface area (Å²) in [5.74, 6) is 0.783. The number of aromatic nitrogens is 2. The molecule has 2 aromatic rings. The molecule has 0 bridgehead atoms. The van der Waals surface area contributed by atoms with Crippen molar-refractivity contribution in [3.63, 3.8) is 0 Å². The zero-order valence-corrected chi connectivity index (χ0v) is 12.9. The van der Waals surface area contributed by atoms with E-state index in [4.69, 9.17) is 5.73 Å². The van der Waals surface area contributed by atoms with Crippen molar-refractivity contribution in [3.05, 3.63) is 47.5 Å². The van der Waals surface area contributed by atoms with E-state index >= 15 is 0 Å². The number of aromatic amines is 1. The van der Waals surface area contributed by atoms with Crippen molar-refractivity contribution in [2.24, 2.45) is 5.73 Å². The van der Waals surface area contributed by atoms with Gasteiger partial charge in [0.15, 0.2) is 0 Å². The average Bonchev–Trinajstić information content (AvgIpc) is 3.16. The number of nitrogens with zero attached hydrogens (tertiary/aromatic N) is 2. The van der Waals surface area contributed by atoms with E-state index in [9.17, 15) is 4.79 Å². The van der Waals surface area contributed by atoms with E-state index in [2.05, 4.69) is 23.0 Å². The number of nitrogens with two attached hydrogens (primary N) is 1. The molecule has 1 aliphatic rings. The first-order valence-corrected chi connectivity index (χ1v) is 7.88. The first-order chi connectivity index (χ1) is 10.7. The van der Waals surface area contributed by atoms with Crippen molar-refractivity contribution in [2.75, 3.05) is 11.4 Å². The first kappa shape index (κ1) is 14.8. The number of hydrogen-bond acceptors (Lipinski definition) is 3. The van der Waals surface area contributed by atoms with Crippen LogP contribution in [-0.2, 0) is 17.6 Å². The molecule has 5 heteroatoms. The molecule has 3 rings (SSSR count). The standard InChI is InChI=1S/C17H22N4O/c1-2-3-7-13-11-19-17(20-13)15-9-12-6-4-5-8-14(12)21(15)16(22)10-18/h4-6,8,11,15H,2-3,7,9-10,18H2,1H3,(H,19,20). The fourth-order valence-electron chi connectivity index (χ4n) is 3.05. The van der Waals surface area contributed by atoms with Gasteiger partial charge < -0.3 is 15.6 Å². The smallest absolute Gasteiger partial charge is 0.241 e. The normalized spacial score (nSPS) is 16.8. The van der Waals surface area contributed by atoms with Gasteiger partial charge >= 0.3 is 0 Å². The van der Waals surface area contributed by atoms with Crippen molar-refractivity contribution in [1.82, 2.24) is 9.97 Å². The number of para-hydroxylation sites is 1. The minimum atomic E-state index is -0.0798. The zero-order valence-electron chi connectivity index (χ0n) is 12.9. The van der Waals surface area contributed by atoms with Crippen molar-refractivity contribution >= 4 is 11.6 Å². The maximum Gasteiger partial charge on any atom is 0.241 e. The number of nitrogens with one attached hydrogen (secondary N) is 1. The van der Waals surface area contributed by atoms with Crippen LogP contribution in [0.5, 0.6) is 0 Å². The van der Waals surface area contributed by atoms with Crippen molar-refractivity contribution < 1.29 is 4.79 Å². The second kappa shape index (κ2) is 6.32. The Hall–Kier alpha value is -2.14. The number of unbranched alkanes of at least 4 members (excludes halogenated alkanes) is 1. The summed E-state index contributed by atoms with van der Waals surface area (Å²) in [6.07, 6.45) is 5.95. The number of hydrogen-bond donors (Lipinski definition) is 2. The molecule has 0 saturated heterocycles. The number of carbonyl (C=O) groups excluding carboxylic acids is 1. The molecule has 1 atom stereocenters. The highest BCUT2D eigenvalue weighted by Crippen LogP contribution is 2.39. The Balaban J connectivity index is 1.89. The summed E-state index contributed by atoms with van der Waals surface area (Å²) in [4.78, 5) is 22.0. The SMILES string of the molecule is CCCCc1cnc(C2Cc3ccccc3N2C(=O)CN)[nH]1. The Labute approximate surface area is 130 Å². The molecular weight excluding hydrogens is 276 g/mol. The van der Waals surface area contributed by atoms with Gasteiger partial charge in [-0.05, 0) is 24.5 Å². The fourth-order valence-corrected chi connectivity index (χ4v) is 3.05. The number of H-pyrrole nitrogens is 1. The summed E-state index contributed by atoms with van der Waals surface area (Å²) in [6, 6.07) is 7.91. The summed E-state index contributed by atoms with van der Waals surface area (Å²) in [5, 5.41) is 0. The van der Waals surface area contributed by atoms with Crippen LogP contribution < -0.4 is 10.6 Å². The molecule has 5 nitrogen and oxygen atoms in total. The lowest BCUT2D eigenvalue weighted by molar-refractivity contribution is -0.117. The third-order valence-electron chi connectivity index (χ3n) is 4.18. The van der Waals surface area contributed by atoms with Gasteiger partial charge in [-0.3, -0.25) is 4.79 Å². The molecule has 0 saturated carbocycles. The van der Waals surface area contributed by atoms with E-state index in [1.165, 1.54) is 5.56 Å². The average molecular weight is 298 g/mol. The molecule has 1 amide bonds. The van der Waals surface area contributed by atoms with Gasteiger partial charge in [0, 0.05) is 24.0 Å².